The van der Waals surface area contributed by atoms with Gasteiger partial charge >= 0.3 is 0 Å². The predicted molar refractivity (Wildman–Crippen MR) is 37.9 cm³/mol. The minimum absolute atomic E-state index is 0.0404. The Hall–Kier alpha value is -0.0151. The van der Waals surface area contributed by atoms with E-state index in [1.807, 2.05) is 33.2 Å². The van der Waals surface area contributed by atoms with Crippen LogP contribution in [-0.4, -0.2) is 23.9 Å². The molecule has 0 aliphatic carbocycles. The molecule has 9 heavy (non-hydrogen) atoms. The molecule has 1 fully saturated rings. The van der Waals surface area contributed by atoms with E-state index in [1.165, 1.54) is 0 Å². The van der Waals surface area contributed by atoms with E-state index in [1.54, 1.807) is 0 Å². The normalized spacial score (nSPS) is 33.8. The number of hydrogen-bond donors (Lipinski definition) is 0. The van der Waals surface area contributed by atoms with Crippen LogP contribution in [0.4, 0.5) is 0 Å². The first-order chi connectivity index (χ1) is 3.99. The fraction of sp³-hybridized carbons (Fsp3) is 1.00. The molecule has 2 atom stereocenters. The summed E-state index contributed by atoms with van der Waals surface area (Å²) in [4.78, 5) is 7.31. The van der Waals surface area contributed by atoms with Gasteiger partial charge in [0.25, 0.3) is 7.41 Å². The zero-order valence-corrected chi connectivity index (χ0v) is 6.51. The molecule has 0 saturated carbocycles. The molecule has 1 rings (SSSR count). The van der Waals surface area contributed by atoms with E-state index in [0.29, 0.717) is 5.94 Å². The number of hydrogen-bond acceptors (Lipinski definition) is 2. The highest BCUT2D eigenvalue weighted by Gasteiger charge is 2.36. The van der Waals surface area contributed by atoms with E-state index in [9.17, 15) is 0 Å². The standard InChI is InChI=1S/C6H13BNO/c1-5-7-8(5)9-6(2,3)4/h5H,1-4H3. The Bertz CT molecular complexity index is 110. The summed E-state index contributed by atoms with van der Waals surface area (Å²) < 4.78 is 0. The smallest absolute Gasteiger partial charge is 0.265 e. The Morgan fingerprint density at radius 3 is 2.00 bits per heavy atom. The van der Waals surface area contributed by atoms with Crippen LogP contribution in [0.25, 0.3) is 0 Å². The Morgan fingerprint density at radius 1 is 1.44 bits per heavy atom. The third kappa shape index (κ3) is 2.37. The van der Waals surface area contributed by atoms with Crippen LogP contribution in [0.2, 0.25) is 0 Å². The second-order valence-electron chi connectivity index (χ2n) is 3.45. The molecule has 1 heterocycles. The zero-order chi connectivity index (χ0) is 7.07. The highest BCUT2D eigenvalue weighted by Crippen LogP contribution is 2.19. The van der Waals surface area contributed by atoms with Gasteiger partial charge in [-0.25, -0.2) is 4.97 Å². The van der Waals surface area contributed by atoms with Gasteiger partial charge in [-0.3, -0.25) is 0 Å². The first kappa shape index (κ1) is 7.10. The molecule has 2 nitrogen and oxygen atoms in total. The van der Waals surface area contributed by atoms with Crippen molar-refractivity contribution in [1.29, 1.82) is 0 Å². The van der Waals surface area contributed by atoms with Crippen LogP contribution < -0.4 is 0 Å². The Balaban J connectivity index is 2.19. The fourth-order valence-corrected chi connectivity index (χ4v) is 0.604. The van der Waals surface area contributed by atoms with Crippen LogP contribution in [-0.2, 0) is 4.84 Å². The maximum Gasteiger partial charge on any atom is 0.265 e. The average Bonchev–Trinajstić information content (AvgIpc) is 2.13. The number of nitrogens with zero attached hydrogens (tertiary/aromatic N) is 1. The van der Waals surface area contributed by atoms with E-state index in [2.05, 4.69) is 6.92 Å². The van der Waals surface area contributed by atoms with Crippen LogP contribution in [0.15, 0.2) is 0 Å². The van der Waals surface area contributed by atoms with Gasteiger partial charge in [-0.2, -0.15) is 0 Å². The Morgan fingerprint density at radius 2 is 1.89 bits per heavy atom. The first-order valence-electron chi connectivity index (χ1n) is 3.31. The van der Waals surface area contributed by atoms with Crippen LogP contribution in [0, 0.1) is 0 Å². The van der Waals surface area contributed by atoms with Crippen molar-refractivity contribution in [2.24, 2.45) is 0 Å². The Kier molecular flexibility index (Phi) is 1.57. The van der Waals surface area contributed by atoms with Crippen molar-refractivity contribution in [2.45, 2.75) is 39.2 Å². The Labute approximate surface area is 57.4 Å². The van der Waals surface area contributed by atoms with Crippen molar-refractivity contribution in [3.63, 3.8) is 0 Å². The maximum atomic E-state index is 5.44. The maximum absolute atomic E-state index is 5.44. The molecule has 1 saturated heterocycles. The van der Waals surface area contributed by atoms with E-state index < -0.39 is 0 Å². The lowest BCUT2D eigenvalue weighted by Gasteiger charge is -2.20. The molecule has 1 radical (unpaired) electrons. The summed E-state index contributed by atoms with van der Waals surface area (Å²) in [6.07, 6.45) is 0. The predicted octanol–water partition coefficient (Wildman–Crippen LogP) is 0.997. The molecule has 0 aromatic carbocycles. The topological polar surface area (TPSA) is 12.2 Å². The van der Waals surface area contributed by atoms with Gasteiger partial charge in [0.1, 0.15) is 0 Å². The summed E-state index contributed by atoms with van der Waals surface area (Å²) in [6, 6.07) is 0. The van der Waals surface area contributed by atoms with Crippen molar-refractivity contribution in [2.75, 3.05) is 0 Å². The van der Waals surface area contributed by atoms with Crippen molar-refractivity contribution in [3.05, 3.63) is 0 Å². The van der Waals surface area contributed by atoms with Crippen molar-refractivity contribution >= 4 is 7.41 Å². The van der Waals surface area contributed by atoms with Gasteiger partial charge in [-0.1, -0.05) is 6.92 Å². The molecule has 1 aliphatic heterocycles. The van der Waals surface area contributed by atoms with Gasteiger partial charge in [-0.15, -0.1) is 0 Å². The molecular weight excluding hydrogens is 113 g/mol. The monoisotopic (exact) mass is 126 g/mol. The minimum atomic E-state index is -0.0404. The lowest BCUT2D eigenvalue weighted by Crippen LogP contribution is -2.23. The third-order valence-corrected chi connectivity index (χ3v) is 1.05. The largest absolute Gasteiger partial charge is 0.306 e. The lowest BCUT2D eigenvalue weighted by molar-refractivity contribution is -0.145. The molecule has 3 heteroatoms. The van der Waals surface area contributed by atoms with E-state index in [4.69, 9.17) is 4.84 Å². The highest BCUT2D eigenvalue weighted by atomic mass is 16.7. The van der Waals surface area contributed by atoms with Crippen LogP contribution in [0.1, 0.15) is 27.7 Å². The van der Waals surface area contributed by atoms with Gasteiger partial charge in [0.05, 0.1) is 5.60 Å². The van der Waals surface area contributed by atoms with Gasteiger partial charge in [-0.05, 0) is 20.8 Å². The van der Waals surface area contributed by atoms with Crippen molar-refractivity contribution in [3.8, 4) is 0 Å². The number of rotatable bonds is 1. The average molecular weight is 126 g/mol. The second kappa shape index (κ2) is 1.99. The minimum Gasteiger partial charge on any atom is -0.306 e. The third-order valence-electron chi connectivity index (χ3n) is 1.05. The molecule has 0 N–H and O–H groups in total. The van der Waals surface area contributed by atoms with E-state index in [0.717, 1.165) is 0 Å². The zero-order valence-electron chi connectivity index (χ0n) is 6.51. The van der Waals surface area contributed by atoms with Gasteiger partial charge in [0, 0.05) is 5.94 Å². The summed E-state index contributed by atoms with van der Waals surface area (Å²) in [5.74, 6) is 0.518. The van der Waals surface area contributed by atoms with Gasteiger partial charge < -0.3 is 4.84 Å². The van der Waals surface area contributed by atoms with Crippen molar-refractivity contribution in [1.82, 2.24) is 4.97 Å². The molecule has 2 unspecified atom stereocenters. The lowest BCUT2D eigenvalue weighted by atomic mass is 10.1. The highest BCUT2D eigenvalue weighted by molar-refractivity contribution is 6.45. The first-order valence-corrected chi connectivity index (χ1v) is 3.31. The second-order valence-corrected chi connectivity index (χ2v) is 3.45. The molecular formula is C6H13BNO. The van der Waals surface area contributed by atoms with Crippen molar-refractivity contribution < 1.29 is 4.84 Å². The summed E-state index contributed by atoms with van der Waals surface area (Å²) in [6.45, 7) is 8.25. The van der Waals surface area contributed by atoms with E-state index >= 15 is 0 Å². The molecule has 0 bridgehead atoms. The summed E-state index contributed by atoms with van der Waals surface area (Å²) >= 11 is 0. The summed E-state index contributed by atoms with van der Waals surface area (Å²) in [7, 11) is 2.05. The molecule has 1 aliphatic rings. The molecule has 0 amide bonds. The number of hydroxylamine groups is 1. The molecule has 51 valence electrons. The van der Waals surface area contributed by atoms with Crippen LogP contribution in [0.5, 0.6) is 0 Å². The SMILES string of the molecule is CC1[B]N1OC(C)(C)C. The van der Waals surface area contributed by atoms with E-state index in [-0.39, 0.29) is 5.60 Å². The summed E-state index contributed by atoms with van der Waals surface area (Å²) in [5, 5.41) is 0. The summed E-state index contributed by atoms with van der Waals surface area (Å²) in [5.41, 5.74) is -0.0404. The van der Waals surface area contributed by atoms with Crippen LogP contribution in [0.3, 0.4) is 0 Å². The molecule has 0 aromatic rings. The molecule has 0 aromatic heterocycles. The van der Waals surface area contributed by atoms with Crippen LogP contribution >= 0.6 is 0 Å². The molecule has 0 spiro atoms. The van der Waals surface area contributed by atoms with Gasteiger partial charge in [0.15, 0.2) is 0 Å². The quantitative estimate of drug-likeness (QED) is 0.383. The van der Waals surface area contributed by atoms with Gasteiger partial charge in [0.2, 0.25) is 0 Å². The fourth-order valence-electron chi connectivity index (χ4n) is 0.604.